The van der Waals surface area contributed by atoms with Crippen LogP contribution in [0.2, 0.25) is 0 Å². The van der Waals surface area contributed by atoms with Crippen molar-refractivity contribution in [2.75, 3.05) is 19.6 Å². The maximum atomic E-state index is 12.2. The van der Waals surface area contributed by atoms with Crippen LogP contribution in [0.4, 0.5) is 4.79 Å². The van der Waals surface area contributed by atoms with Gasteiger partial charge in [0.2, 0.25) is 0 Å². The number of rotatable bonds is 5. The molecule has 2 atom stereocenters. The average molecular weight is 254 g/mol. The Morgan fingerprint density at radius 2 is 1.89 bits per heavy atom. The van der Waals surface area contributed by atoms with E-state index >= 15 is 0 Å². The molecule has 2 N–H and O–H groups in total. The van der Waals surface area contributed by atoms with Crippen LogP contribution in [-0.2, 0) is 4.79 Å². The molecular weight excluding hydrogens is 236 g/mol. The highest BCUT2D eigenvalue weighted by atomic mass is 16.4. The number of carbonyl (C=O) groups is 2. The fraction of sp³-hybridized carbons (Fsp3) is 0.500. The molecule has 1 heterocycles. The van der Waals surface area contributed by atoms with E-state index in [2.05, 4.69) is 13.2 Å². The van der Waals surface area contributed by atoms with Crippen molar-refractivity contribution in [1.29, 1.82) is 0 Å². The summed E-state index contributed by atoms with van der Waals surface area (Å²) < 4.78 is 0. The quantitative estimate of drug-likeness (QED) is 0.691. The maximum Gasteiger partial charge on any atom is 0.326 e. The number of aliphatic carboxylic acids is 1. The number of nitrogens with zero attached hydrogens (tertiary/aromatic N) is 2. The van der Waals surface area contributed by atoms with Gasteiger partial charge < -0.3 is 20.0 Å². The Labute approximate surface area is 106 Å². The first kappa shape index (κ1) is 14.2. The predicted octanol–water partition coefficient (Wildman–Crippen LogP) is 0.300. The van der Waals surface area contributed by atoms with Gasteiger partial charge in [-0.1, -0.05) is 12.2 Å². The monoisotopic (exact) mass is 254 g/mol. The minimum Gasteiger partial charge on any atom is -0.480 e. The largest absolute Gasteiger partial charge is 0.480 e. The van der Waals surface area contributed by atoms with Crippen LogP contribution in [0.5, 0.6) is 0 Å². The molecule has 1 fully saturated rings. The number of carboxylic acids is 1. The van der Waals surface area contributed by atoms with Gasteiger partial charge >= 0.3 is 12.0 Å². The molecular formula is C12H18N2O4. The molecule has 6 nitrogen and oxygen atoms in total. The first-order chi connectivity index (χ1) is 8.51. The Balaban J connectivity index is 2.82. The maximum absolute atomic E-state index is 12.2. The molecule has 1 saturated heterocycles. The molecule has 0 aromatic carbocycles. The summed E-state index contributed by atoms with van der Waals surface area (Å²) in [4.78, 5) is 25.8. The van der Waals surface area contributed by atoms with Crippen LogP contribution in [-0.4, -0.2) is 63.8 Å². The molecule has 2 amide bonds. The average Bonchev–Trinajstić information content (AvgIpc) is 2.70. The van der Waals surface area contributed by atoms with Crippen molar-refractivity contribution in [1.82, 2.24) is 9.80 Å². The molecule has 1 aliphatic rings. The summed E-state index contributed by atoms with van der Waals surface area (Å²) in [5.41, 5.74) is 0. The molecule has 0 radical (unpaired) electrons. The Hall–Kier alpha value is -1.82. The van der Waals surface area contributed by atoms with E-state index in [1.54, 1.807) is 12.2 Å². The lowest BCUT2D eigenvalue weighted by Crippen LogP contribution is -2.48. The molecule has 18 heavy (non-hydrogen) atoms. The molecule has 6 heteroatoms. The third-order valence-corrected chi connectivity index (χ3v) is 2.78. The van der Waals surface area contributed by atoms with Gasteiger partial charge in [-0.25, -0.2) is 9.59 Å². The van der Waals surface area contributed by atoms with Crippen LogP contribution in [0.25, 0.3) is 0 Å². The van der Waals surface area contributed by atoms with Crippen LogP contribution in [0.1, 0.15) is 6.42 Å². The lowest BCUT2D eigenvalue weighted by atomic mass is 10.2. The number of carboxylic acid groups (broad SMARTS) is 1. The Morgan fingerprint density at radius 3 is 2.33 bits per heavy atom. The third-order valence-electron chi connectivity index (χ3n) is 2.78. The van der Waals surface area contributed by atoms with Gasteiger partial charge in [0.15, 0.2) is 0 Å². The van der Waals surface area contributed by atoms with Gasteiger partial charge in [-0.2, -0.15) is 0 Å². The van der Waals surface area contributed by atoms with Crippen molar-refractivity contribution in [2.45, 2.75) is 18.6 Å². The summed E-state index contributed by atoms with van der Waals surface area (Å²) in [6, 6.07) is -1.39. The summed E-state index contributed by atoms with van der Waals surface area (Å²) in [5, 5.41) is 18.5. The molecule has 1 aliphatic heterocycles. The van der Waals surface area contributed by atoms with Crippen molar-refractivity contribution >= 4 is 12.0 Å². The molecule has 0 spiro atoms. The van der Waals surface area contributed by atoms with Gasteiger partial charge in [0.05, 0.1) is 6.10 Å². The fourth-order valence-electron chi connectivity index (χ4n) is 1.98. The lowest BCUT2D eigenvalue weighted by Gasteiger charge is -2.28. The van der Waals surface area contributed by atoms with Crippen molar-refractivity contribution in [3.8, 4) is 0 Å². The van der Waals surface area contributed by atoms with Gasteiger partial charge in [-0.3, -0.25) is 0 Å². The van der Waals surface area contributed by atoms with Gasteiger partial charge in [-0.15, -0.1) is 13.2 Å². The lowest BCUT2D eigenvalue weighted by molar-refractivity contribution is -0.141. The van der Waals surface area contributed by atoms with Crippen molar-refractivity contribution < 1.29 is 19.8 Å². The zero-order valence-corrected chi connectivity index (χ0v) is 10.2. The smallest absolute Gasteiger partial charge is 0.326 e. The number of aliphatic hydroxyl groups excluding tert-OH is 1. The number of hydrogen-bond acceptors (Lipinski definition) is 3. The van der Waals surface area contributed by atoms with E-state index in [1.807, 2.05) is 0 Å². The van der Waals surface area contributed by atoms with E-state index in [0.29, 0.717) is 13.1 Å². The molecule has 0 aliphatic carbocycles. The number of likely N-dealkylation sites (tertiary alicyclic amines) is 1. The number of amides is 2. The van der Waals surface area contributed by atoms with Gasteiger partial charge in [0.1, 0.15) is 6.04 Å². The van der Waals surface area contributed by atoms with Crippen LogP contribution in [0.3, 0.4) is 0 Å². The Kier molecular flexibility index (Phi) is 4.91. The van der Waals surface area contributed by atoms with Crippen LogP contribution < -0.4 is 0 Å². The molecule has 0 aromatic heterocycles. The highest BCUT2D eigenvalue weighted by Gasteiger charge is 2.40. The SMILES string of the molecule is C=CCN(CC=C)C(=O)N1C[C@H](O)C[C@H]1C(=O)O. The second kappa shape index (κ2) is 6.20. The second-order valence-corrected chi connectivity index (χ2v) is 4.16. The van der Waals surface area contributed by atoms with E-state index in [4.69, 9.17) is 5.11 Å². The first-order valence-corrected chi connectivity index (χ1v) is 5.69. The second-order valence-electron chi connectivity index (χ2n) is 4.16. The Morgan fingerprint density at radius 1 is 1.33 bits per heavy atom. The first-order valence-electron chi connectivity index (χ1n) is 5.69. The van der Waals surface area contributed by atoms with Gasteiger partial charge in [0, 0.05) is 26.1 Å². The van der Waals surface area contributed by atoms with E-state index in [1.165, 1.54) is 9.80 Å². The normalized spacial score (nSPS) is 22.6. The zero-order valence-electron chi connectivity index (χ0n) is 10.2. The summed E-state index contributed by atoms with van der Waals surface area (Å²) >= 11 is 0. The van der Waals surface area contributed by atoms with E-state index in [0.717, 1.165) is 0 Å². The number of β-amino-alcohol motifs (C(OH)–C–C–N with tert-alkyl or cyclic N) is 1. The summed E-state index contributed by atoms with van der Waals surface area (Å²) in [5.74, 6) is -1.10. The topological polar surface area (TPSA) is 81.1 Å². The van der Waals surface area contributed by atoms with Gasteiger partial charge in [-0.05, 0) is 0 Å². The minimum atomic E-state index is -1.10. The predicted molar refractivity (Wildman–Crippen MR) is 66.1 cm³/mol. The third kappa shape index (κ3) is 3.10. The van der Waals surface area contributed by atoms with Crippen LogP contribution >= 0.6 is 0 Å². The molecule has 0 saturated carbocycles. The Bertz CT molecular complexity index is 346. The molecule has 0 unspecified atom stereocenters. The number of aliphatic hydroxyl groups is 1. The highest BCUT2D eigenvalue weighted by Crippen LogP contribution is 2.20. The number of urea groups is 1. The molecule has 0 aromatic rings. The molecule has 1 rings (SSSR count). The zero-order chi connectivity index (χ0) is 13.7. The molecule has 0 bridgehead atoms. The van der Waals surface area contributed by atoms with Crippen LogP contribution in [0, 0.1) is 0 Å². The molecule has 100 valence electrons. The summed E-state index contributed by atoms with van der Waals surface area (Å²) in [6.07, 6.45) is 2.40. The standard InChI is InChI=1S/C12H18N2O4/c1-3-5-13(6-4-2)12(18)14-8-9(15)7-10(14)11(16)17/h3-4,9-10,15H,1-2,5-8H2,(H,16,17)/t9-,10+/m1/s1. The number of hydrogen-bond donors (Lipinski definition) is 2. The summed E-state index contributed by atoms with van der Waals surface area (Å²) in [6.45, 7) is 7.76. The van der Waals surface area contributed by atoms with Crippen molar-refractivity contribution in [3.63, 3.8) is 0 Å². The summed E-state index contributed by atoms with van der Waals surface area (Å²) in [7, 11) is 0. The van der Waals surface area contributed by atoms with Crippen molar-refractivity contribution in [2.24, 2.45) is 0 Å². The van der Waals surface area contributed by atoms with Gasteiger partial charge in [0.25, 0.3) is 0 Å². The minimum absolute atomic E-state index is 0.0422. The van der Waals surface area contributed by atoms with E-state index in [9.17, 15) is 14.7 Å². The van der Waals surface area contributed by atoms with Crippen LogP contribution in [0.15, 0.2) is 25.3 Å². The van der Waals surface area contributed by atoms with E-state index in [-0.39, 0.29) is 13.0 Å². The fourth-order valence-corrected chi connectivity index (χ4v) is 1.98. The number of carbonyl (C=O) groups excluding carboxylic acids is 1. The van der Waals surface area contributed by atoms with E-state index < -0.39 is 24.1 Å². The highest BCUT2D eigenvalue weighted by molar-refractivity contribution is 5.83. The van der Waals surface area contributed by atoms with Crippen molar-refractivity contribution in [3.05, 3.63) is 25.3 Å².